The van der Waals surface area contributed by atoms with E-state index >= 15 is 0 Å². The quantitative estimate of drug-likeness (QED) is 0.806. The van der Waals surface area contributed by atoms with Gasteiger partial charge in [0.25, 0.3) is 0 Å². The van der Waals surface area contributed by atoms with Crippen LogP contribution in [-0.2, 0) is 11.2 Å². The molecule has 0 aromatic heterocycles. The Labute approximate surface area is 96.5 Å². The van der Waals surface area contributed by atoms with E-state index in [-0.39, 0.29) is 5.91 Å². The van der Waals surface area contributed by atoms with Gasteiger partial charge < -0.3 is 10.4 Å². The Morgan fingerprint density at radius 3 is 2.75 bits per heavy atom. The van der Waals surface area contributed by atoms with E-state index in [2.05, 4.69) is 5.32 Å². The lowest BCUT2D eigenvalue weighted by Gasteiger charge is -2.09. The van der Waals surface area contributed by atoms with Crippen LogP contribution in [0.1, 0.15) is 23.6 Å². The van der Waals surface area contributed by atoms with Crippen molar-refractivity contribution in [2.45, 2.75) is 33.3 Å². The molecule has 0 aliphatic rings. The minimum Gasteiger partial charge on any atom is -0.392 e. The summed E-state index contributed by atoms with van der Waals surface area (Å²) in [6, 6.07) is 6.08. The monoisotopic (exact) mass is 221 g/mol. The number of amides is 1. The number of rotatable bonds is 4. The van der Waals surface area contributed by atoms with Gasteiger partial charge in [-0.05, 0) is 31.9 Å². The molecule has 2 N–H and O–H groups in total. The summed E-state index contributed by atoms with van der Waals surface area (Å²) in [5.74, 6) is -0.0467. The summed E-state index contributed by atoms with van der Waals surface area (Å²) in [7, 11) is 0. The topological polar surface area (TPSA) is 49.3 Å². The molecule has 3 nitrogen and oxygen atoms in total. The van der Waals surface area contributed by atoms with E-state index in [9.17, 15) is 4.79 Å². The van der Waals surface area contributed by atoms with Crippen LogP contribution in [-0.4, -0.2) is 23.7 Å². The number of aliphatic hydroxyl groups is 1. The third kappa shape index (κ3) is 4.03. The van der Waals surface area contributed by atoms with Gasteiger partial charge in [-0.25, -0.2) is 0 Å². The van der Waals surface area contributed by atoms with Crippen LogP contribution in [0.5, 0.6) is 0 Å². The van der Waals surface area contributed by atoms with Crippen LogP contribution in [0.2, 0.25) is 0 Å². The van der Waals surface area contributed by atoms with Crippen molar-refractivity contribution in [2.24, 2.45) is 0 Å². The second-order valence-corrected chi connectivity index (χ2v) is 4.26. The highest BCUT2D eigenvalue weighted by molar-refractivity contribution is 5.79. The fraction of sp³-hybridized carbons (Fsp3) is 0.462. The molecule has 88 valence electrons. The largest absolute Gasteiger partial charge is 0.392 e. The molecule has 0 bridgehead atoms. The Morgan fingerprint density at radius 2 is 2.12 bits per heavy atom. The van der Waals surface area contributed by atoms with E-state index in [1.165, 1.54) is 0 Å². The van der Waals surface area contributed by atoms with Crippen LogP contribution >= 0.6 is 0 Å². The van der Waals surface area contributed by atoms with Crippen molar-refractivity contribution in [1.29, 1.82) is 0 Å². The summed E-state index contributed by atoms with van der Waals surface area (Å²) in [5, 5.41) is 11.7. The maximum atomic E-state index is 11.6. The molecule has 0 heterocycles. The number of benzene rings is 1. The zero-order valence-corrected chi connectivity index (χ0v) is 10.1. The molecule has 1 rings (SSSR count). The minimum atomic E-state index is -0.498. The van der Waals surface area contributed by atoms with E-state index in [1.54, 1.807) is 6.92 Å². The zero-order chi connectivity index (χ0) is 12.1. The molecule has 0 saturated carbocycles. The molecule has 0 saturated heterocycles. The molecular weight excluding hydrogens is 202 g/mol. The molecule has 0 spiro atoms. The Kier molecular flexibility index (Phi) is 4.50. The fourth-order valence-corrected chi connectivity index (χ4v) is 1.49. The van der Waals surface area contributed by atoms with Gasteiger partial charge >= 0.3 is 0 Å². The number of carbonyl (C=O) groups is 1. The molecule has 0 aliphatic carbocycles. The van der Waals surface area contributed by atoms with Crippen LogP contribution in [0, 0.1) is 13.8 Å². The van der Waals surface area contributed by atoms with Gasteiger partial charge in [-0.3, -0.25) is 4.79 Å². The Bertz CT molecular complexity index is 372. The molecule has 0 radical (unpaired) electrons. The number of carbonyl (C=O) groups excluding carboxylic acids is 1. The number of hydrogen-bond donors (Lipinski definition) is 2. The minimum absolute atomic E-state index is 0.0467. The summed E-state index contributed by atoms with van der Waals surface area (Å²) in [4.78, 5) is 11.6. The zero-order valence-electron chi connectivity index (χ0n) is 10.1. The fourth-order valence-electron chi connectivity index (χ4n) is 1.49. The lowest BCUT2D eigenvalue weighted by Crippen LogP contribution is -2.31. The number of hydrogen-bond acceptors (Lipinski definition) is 2. The van der Waals surface area contributed by atoms with Crippen LogP contribution < -0.4 is 5.32 Å². The van der Waals surface area contributed by atoms with Crippen LogP contribution in [0.3, 0.4) is 0 Å². The van der Waals surface area contributed by atoms with Gasteiger partial charge in [-0.15, -0.1) is 0 Å². The van der Waals surface area contributed by atoms with Gasteiger partial charge in [-0.2, -0.15) is 0 Å². The lowest BCUT2D eigenvalue weighted by atomic mass is 10.0. The first-order valence-electron chi connectivity index (χ1n) is 5.50. The molecule has 1 amide bonds. The lowest BCUT2D eigenvalue weighted by molar-refractivity contribution is -0.120. The first-order valence-corrected chi connectivity index (χ1v) is 5.50. The predicted octanol–water partition coefficient (Wildman–Crippen LogP) is 1.34. The second-order valence-electron chi connectivity index (χ2n) is 4.26. The first-order chi connectivity index (χ1) is 7.49. The van der Waals surface area contributed by atoms with Crippen LogP contribution in [0.15, 0.2) is 18.2 Å². The Balaban J connectivity index is 2.59. The van der Waals surface area contributed by atoms with Crippen molar-refractivity contribution < 1.29 is 9.90 Å². The number of aryl methyl sites for hydroxylation is 2. The third-order valence-corrected chi connectivity index (χ3v) is 2.45. The molecule has 1 aromatic carbocycles. The van der Waals surface area contributed by atoms with Gasteiger partial charge in [0.15, 0.2) is 0 Å². The number of nitrogens with one attached hydrogen (secondary N) is 1. The highest BCUT2D eigenvalue weighted by Gasteiger charge is 2.06. The molecule has 16 heavy (non-hydrogen) atoms. The molecule has 3 heteroatoms. The maximum absolute atomic E-state index is 11.6. The average Bonchev–Trinajstić information content (AvgIpc) is 2.20. The molecule has 0 fully saturated rings. The standard InChI is InChI=1S/C13H19NO2/c1-9-4-5-10(2)12(6-9)7-13(16)14-8-11(3)15/h4-6,11,15H,7-8H2,1-3H3,(H,14,16)/t11-/m0/s1. The molecule has 1 atom stereocenters. The first kappa shape index (κ1) is 12.7. The molecule has 0 unspecified atom stereocenters. The summed E-state index contributed by atoms with van der Waals surface area (Å²) in [6.07, 6.45) is -0.122. The van der Waals surface area contributed by atoms with E-state index in [0.29, 0.717) is 13.0 Å². The van der Waals surface area contributed by atoms with Crippen molar-refractivity contribution in [3.8, 4) is 0 Å². The van der Waals surface area contributed by atoms with E-state index in [1.807, 2.05) is 32.0 Å². The van der Waals surface area contributed by atoms with Crippen molar-refractivity contribution in [1.82, 2.24) is 5.32 Å². The predicted molar refractivity (Wildman–Crippen MR) is 64.3 cm³/mol. The van der Waals surface area contributed by atoms with Crippen molar-refractivity contribution in [3.63, 3.8) is 0 Å². The van der Waals surface area contributed by atoms with Crippen molar-refractivity contribution >= 4 is 5.91 Å². The molecular formula is C13H19NO2. The SMILES string of the molecule is Cc1ccc(C)c(CC(=O)NC[C@H](C)O)c1. The Morgan fingerprint density at radius 1 is 1.44 bits per heavy atom. The highest BCUT2D eigenvalue weighted by Crippen LogP contribution is 2.11. The van der Waals surface area contributed by atoms with Gasteiger partial charge in [0, 0.05) is 6.54 Å². The van der Waals surface area contributed by atoms with Crippen molar-refractivity contribution in [2.75, 3.05) is 6.54 Å². The second kappa shape index (κ2) is 5.66. The van der Waals surface area contributed by atoms with E-state index < -0.39 is 6.10 Å². The van der Waals surface area contributed by atoms with Crippen LogP contribution in [0.4, 0.5) is 0 Å². The molecule has 1 aromatic rings. The van der Waals surface area contributed by atoms with E-state index in [0.717, 1.165) is 16.7 Å². The van der Waals surface area contributed by atoms with E-state index in [4.69, 9.17) is 5.11 Å². The number of aliphatic hydroxyl groups excluding tert-OH is 1. The third-order valence-electron chi connectivity index (χ3n) is 2.45. The van der Waals surface area contributed by atoms with Crippen molar-refractivity contribution in [3.05, 3.63) is 34.9 Å². The van der Waals surface area contributed by atoms with Gasteiger partial charge in [0.2, 0.25) is 5.91 Å². The van der Waals surface area contributed by atoms with Crippen LogP contribution in [0.25, 0.3) is 0 Å². The summed E-state index contributed by atoms with van der Waals surface area (Å²) >= 11 is 0. The highest BCUT2D eigenvalue weighted by atomic mass is 16.3. The average molecular weight is 221 g/mol. The normalized spacial score (nSPS) is 12.2. The molecule has 0 aliphatic heterocycles. The summed E-state index contributed by atoms with van der Waals surface area (Å²) < 4.78 is 0. The van der Waals surface area contributed by atoms with Gasteiger partial charge in [-0.1, -0.05) is 23.8 Å². The van der Waals surface area contributed by atoms with Gasteiger partial charge in [0.05, 0.1) is 12.5 Å². The summed E-state index contributed by atoms with van der Waals surface area (Å²) in [6.45, 7) is 5.97. The Hall–Kier alpha value is -1.35. The smallest absolute Gasteiger partial charge is 0.224 e. The summed E-state index contributed by atoms with van der Waals surface area (Å²) in [5.41, 5.74) is 3.32. The van der Waals surface area contributed by atoms with Gasteiger partial charge in [0.1, 0.15) is 0 Å². The maximum Gasteiger partial charge on any atom is 0.224 e.